The number of carbonyl (C=O) groups is 1. The summed E-state index contributed by atoms with van der Waals surface area (Å²) in [7, 11) is -2.05. The van der Waals surface area contributed by atoms with Crippen LogP contribution in [-0.4, -0.2) is 63.5 Å². The highest BCUT2D eigenvalue weighted by Gasteiger charge is 2.27. The Labute approximate surface area is 183 Å². The van der Waals surface area contributed by atoms with Crippen LogP contribution in [0.2, 0.25) is 0 Å². The number of nitrogens with zero attached hydrogens (tertiary/aromatic N) is 2. The van der Waals surface area contributed by atoms with Gasteiger partial charge in [0.25, 0.3) is 0 Å². The van der Waals surface area contributed by atoms with Crippen LogP contribution in [0.4, 0.5) is 0 Å². The largest absolute Gasteiger partial charge is 0.496 e. The van der Waals surface area contributed by atoms with Crippen LogP contribution in [0.3, 0.4) is 0 Å². The lowest BCUT2D eigenvalue weighted by Gasteiger charge is -2.29. The summed E-state index contributed by atoms with van der Waals surface area (Å²) < 4.78 is 38.1. The lowest BCUT2D eigenvalue weighted by atomic mass is 9.99. The maximum atomic E-state index is 13.0. The smallest absolute Gasteiger partial charge is 0.243 e. The van der Waals surface area contributed by atoms with E-state index in [0.29, 0.717) is 58.0 Å². The summed E-state index contributed by atoms with van der Waals surface area (Å²) in [6.45, 7) is 2.82. The van der Waals surface area contributed by atoms with Gasteiger partial charge in [0.05, 0.1) is 25.2 Å². The molecule has 0 unspecified atom stereocenters. The first-order valence-electron chi connectivity index (χ1n) is 10.6. The standard InChI is InChI=1S/C23H28N2O5S/c1-29-22-8-7-21(31(27,28)25-12-14-30-15-13-25)16-19(22)6-9-23(26)24-11-10-18-4-2-3-5-20(18)17-24/h2-5,7-8,16H,6,9-15,17H2,1H3. The Morgan fingerprint density at radius 1 is 1.06 bits per heavy atom. The Bertz CT molecular complexity index is 1050. The van der Waals surface area contributed by atoms with Crippen molar-refractivity contribution in [3.8, 4) is 5.75 Å². The van der Waals surface area contributed by atoms with Crippen LogP contribution in [0.15, 0.2) is 47.4 Å². The van der Waals surface area contributed by atoms with E-state index in [1.165, 1.54) is 15.4 Å². The normalized spacial score (nSPS) is 17.3. The molecule has 1 fully saturated rings. The van der Waals surface area contributed by atoms with E-state index in [2.05, 4.69) is 12.1 Å². The van der Waals surface area contributed by atoms with Crippen LogP contribution in [0.25, 0.3) is 0 Å². The fourth-order valence-electron chi connectivity index (χ4n) is 4.16. The average Bonchev–Trinajstić information content (AvgIpc) is 2.82. The van der Waals surface area contributed by atoms with E-state index in [1.54, 1.807) is 25.3 Å². The minimum absolute atomic E-state index is 0.0676. The first-order chi connectivity index (χ1) is 15.0. The predicted molar refractivity (Wildman–Crippen MR) is 116 cm³/mol. The molecule has 0 bridgehead atoms. The van der Waals surface area contributed by atoms with Crippen LogP contribution >= 0.6 is 0 Å². The van der Waals surface area contributed by atoms with Crippen LogP contribution in [-0.2, 0) is 38.9 Å². The summed E-state index contributed by atoms with van der Waals surface area (Å²) in [6, 6.07) is 13.1. The maximum Gasteiger partial charge on any atom is 0.243 e. The quantitative estimate of drug-likeness (QED) is 0.683. The Morgan fingerprint density at radius 3 is 2.55 bits per heavy atom. The zero-order valence-corrected chi connectivity index (χ0v) is 18.6. The van der Waals surface area contributed by atoms with Crippen LogP contribution in [0.5, 0.6) is 5.75 Å². The van der Waals surface area contributed by atoms with E-state index >= 15 is 0 Å². The van der Waals surface area contributed by atoms with Crippen molar-refractivity contribution >= 4 is 15.9 Å². The molecule has 166 valence electrons. The van der Waals surface area contributed by atoms with Gasteiger partial charge in [0.15, 0.2) is 0 Å². The van der Waals surface area contributed by atoms with Gasteiger partial charge in [-0.15, -0.1) is 0 Å². The molecule has 31 heavy (non-hydrogen) atoms. The molecule has 1 saturated heterocycles. The molecule has 0 spiro atoms. The molecule has 8 heteroatoms. The van der Waals surface area contributed by atoms with E-state index in [1.807, 2.05) is 17.0 Å². The fourth-order valence-corrected chi connectivity index (χ4v) is 5.61. The topological polar surface area (TPSA) is 76.1 Å². The second-order valence-corrected chi connectivity index (χ2v) is 9.76. The summed E-state index contributed by atoms with van der Waals surface area (Å²) in [5.41, 5.74) is 3.22. The third-order valence-corrected chi connectivity index (χ3v) is 7.85. The molecule has 2 aliphatic heterocycles. The van der Waals surface area contributed by atoms with Crippen molar-refractivity contribution in [3.05, 3.63) is 59.2 Å². The molecule has 0 atom stereocenters. The van der Waals surface area contributed by atoms with Gasteiger partial charge in [0.1, 0.15) is 5.75 Å². The minimum atomic E-state index is -3.60. The highest BCUT2D eigenvalue weighted by Crippen LogP contribution is 2.27. The summed E-state index contributed by atoms with van der Waals surface area (Å²) in [5, 5.41) is 0. The molecule has 0 aliphatic carbocycles. The van der Waals surface area contributed by atoms with Crippen LogP contribution in [0, 0.1) is 0 Å². The number of hydrogen-bond donors (Lipinski definition) is 0. The van der Waals surface area contributed by atoms with Crippen LogP contribution < -0.4 is 4.74 Å². The van der Waals surface area contributed by atoms with Crippen molar-refractivity contribution < 1.29 is 22.7 Å². The summed E-state index contributed by atoms with van der Waals surface area (Å²) >= 11 is 0. The molecule has 2 aromatic carbocycles. The van der Waals surface area contributed by atoms with E-state index in [4.69, 9.17) is 9.47 Å². The molecule has 0 aromatic heterocycles. The van der Waals surface area contributed by atoms with E-state index < -0.39 is 10.0 Å². The number of amides is 1. The molecular formula is C23H28N2O5S. The number of fused-ring (bicyclic) bond motifs is 1. The van der Waals surface area contributed by atoms with E-state index in [-0.39, 0.29) is 10.8 Å². The summed E-state index contributed by atoms with van der Waals surface area (Å²) in [5.74, 6) is 0.663. The molecule has 2 aromatic rings. The number of rotatable bonds is 6. The number of carbonyl (C=O) groups excluding carboxylic acids is 1. The molecule has 0 radical (unpaired) electrons. The molecule has 4 rings (SSSR count). The predicted octanol–water partition coefficient (Wildman–Crippen LogP) is 2.23. The third-order valence-electron chi connectivity index (χ3n) is 5.95. The monoisotopic (exact) mass is 444 g/mol. The molecule has 2 heterocycles. The van der Waals surface area contributed by atoms with Gasteiger partial charge in [-0.3, -0.25) is 4.79 Å². The van der Waals surface area contributed by atoms with Gasteiger partial charge in [-0.05, 0) is 47.7 Å². The molecule has 7 nitrogen and oxygen atoms in total. The van der Waals surface area contributed by atoms with Crippen molar-refractivity contribution in [2.24, 2.45) is 0 Å². The molecule has 2 aliphatic rings. The molecular weight excluding hydrogens is 416 g/mol. The number of methoxy groups -OCH3 is 1. The molecule has 0 N–H and O–H groups in total. The molecule has 0 saturated carbocycles. The second-order valence-electron chi connectivity index (χ2n) is 7.82. The average molecular weight is 445 g/mol. The van der Waals surface area contributed by atoms with Gasteiger partial charge in [-0.1, -0.05) is 24.3 Å². The zero-order valence-electron chi connectivity index (χ0n) is 17.7. The number of benzene rings is 2. The lowest BCUT2D eigenvalue weighted by molar-refractivity contribution is -0.132. The van der Waals surface area contributed by atoms with Gasteiger partial charge >= 0.3 is 0 Å². The Kier molecular flexibility index (Phi) is 6.60. The number of sulfonamides is 1. The minimum Gasteiger partial charge on any atom is -0.496 e. The van der Waals surface area contributed by atoms with Gasteiger partial charge in [0.2, 0.25) is 15.9 Å². The number of ether oxygens (including phenoxy) is 2. The zero-order chi connectivity index (χ0) is 21.8. The second kappa shape index (κ2) is 9.38. The van der Waals surface area contributed by atoms with Crippen molar-refractivity contribution in [2.75, 3.05) is 40.0 Å². The number of aryl methyl sites for hydroxylation is 1. The summed E-state index contributed by atoms with van der Waals surface area (Å²) in [4.78, 5) is 15.0. The Balaban J connectivity index is 1.46. The Hall–Kier alpha value is -2.42. The van der Waals surface area contributed by atoms with Gasteiger partial charge in [0, 0.05) is 32.6 Å². The fraction of sp³-hybridized carbons (Fsp3) is 0.435. The highest BCUT2D eigenvalue weighted by atomic mass is 32.2. The third kappa shape index (κ3) is 4.76. The van der Waals surface area contributed by atoms with Gasteiger partial charge in [-0.25, -0.2) is 8.42 Å². The van der Waals surface area contributed by atoms with Crippen molar-refractivity contribution in [3.63, 3.8) is 0 Å². The highest BCUT2D eigenvalue weighted by molar-refractivity contribution is 7.89. The lowest BCUT2D eigenvalue weighted by Crippen LogP contribution is -2.40. The Morgan fingerprint density at radius 2 is 1.81 bits per heavy atom. The summed E-state index contributed by atoms with van der Waals surface area (Å²) in [6.07, 6.45) is 1.59. The molecule has 1 amide bonds. The SMILES string of the molecule is COc1ccc(S(=O)(=O)N2CCOCC2)cc1CCC(=O)N1CCc2ccccc2C1. The van der Waals surface area contributed by atoms with E-state index in [0.717, 1.165) is 12.0 Å². The first kappa shape index (κ1) is 21.8. The number of hydrogen-bond acceptors (Lipinski definition) is 5. The van der Waals surface area contributed by atoms with Crippen molar-refractivity contribution in [1.82, 2.24) is 9.21 Å². The van der Waals surface area contributed by atoms with Gasteiger partial charge < -0.3 is 14.4 Å². The van der Waals surface area contributed by atoms with E-state index in [9.17, 15) is 13.2 Å². The van der Waals surface area contributed by atoms with Crippen molar-refractivity contribution in [2.45, 2.75) is 30.7 Å². The number of morpholine rings is 1. The van der Waals surface area contributed by atoms with Crippen molar-refractivity contribution in [1.29, 1.82) is 0 Å². The van der Waals surface area contributed by atoms with Crippen LogP contribution in [0.1, 0.15) is 23.1 Å². The first-order valence-corrected chi connectivity index (χ1v) is 12.0. The van der Waals surface area contributed by atoms with Gasteiger partial charge in [-0.2, -0.15) is 4.31 Å². The maximum absolute atomic E-state index is 13.0.